The van der Waals surface area contributed by atoms with Crippen molar-refractivity contribution < 1.29 is 9.84 Å². The van der Waals surface area contributed by atoms with Crippen LogP contribution in [0.25, 0.3) is 22.2 Å². The van der Waals surface area contributed by atoms with E-state index in [0.29, 0.717) is 17.3 Å². The van der Waals surface area contributed by atoms with Gasteiger partial charge in [0.05, 0.1) is 25.1 Å². The fourth-order valence-electron chi connectivity index (χ4n) is 2.81. The van der Waals surface area contributed by atoms with Gasteiger partial charge < -0.3 is 9.84 Å². The molecule has 2 heterocycles. The smallest absolute Gasteiger partial charge is 0.158 e. The van der Waals surface area contributed by atoms with E-state index in [9.17, 15) is 5.11 Å². The van der Waals surface area contributed by atoms with Crippen LogP contribution in [0.1, 0.15) is 18.2 Å². The first-order valence-corrected chi connectivity index (χ1v) is 7.80. The van der Waals surface area contributed by atoms with Crippen molar-refractivity contribution in [2.75, 3.05) is 7.11 Å². The van der Waals surface area contributed by atoms with Crippen LogP contribution in [0.2, 0.25) is 5.02 Å². The van der Waals surface area contributed by atoms with E-state index in [0.717, 1.165) is 34.3 Å². The lowest BCUT2D eigenvalue weighted by Crippen LogP contribution is -2.06. The number of methoxy groups -OCH3 is 1. The average molecular weight is 332 g/mol. The van der Waals surface area contributed by atoms with Crippen molar-refractivity contribution >= 4 is 22.6 Å². The van der Waals surface area contributed by atoms with E-state index >= 15 is 0 Å². The summed E-state index contributed by atoms with van der Waals surface area (Å²) in [6.07, 6.45) is 1.79. The molecule has 23 heavy (non-hydrogen) atoms. The van der Waals surface area contributed by atoms with Gasteiger partial charge in [-0.25, -0.2) is 9.67 Å². The molecule has 0 aliphatic rings. The van der Waals surface area contributed by atoms with Crippen LogP contribution in [0, 0.1) is 0 Å². The molecule has 0 fully saturated rings. The maximum Gasteiger partial charge on any atom is 0.158 e. The molecule has 0 aliphatic carbocycles. The second-order valence-electron chi connectivity index (χ2n) is 5.21. The van der Waals surface area contributed by atoms with Gasteiger partial charge >= 0.3 is 0 Å². The van der Waals surface area contributed by atoms with Crippen LogP contribution in [0.5, 0.6) is 0 Å². The zero-order chi connectivity index (χ0) is 16.4. The maximum atomic E-state index is 9.92. The standard InChI is InChI=1S/C17H18ClN3O2/c1-3-21-17-13(8-19-21)16(11-5-4-6-12(18)7-11)14(9-22)15(20-17)10-23-2/h4-8,22H,3,9-10H2,1-2H3. The van der Waals surface area contributed by atoms with Crippen molar-refractivity contribution in [3.8, 4) is 11.1 Å². The van der Waals surface area contributed by atoms with Gasteiger partial charge in [-0.15, -0.1) is 0 Å². The number of fused-ring (bicyclic) bond motifs is 1. The van der Waals surface area contributed by atoms with E-state index in [-0.39, 0.29) is 6.61 Å². The summed E-state index contributed by atoms with van der Waals surface area (Å²) in [5, 5.41) is 15.9. The molecule has 0 aliphatic heterocycles. The molecule has 6 heteroatoms. The van der Waals surface area contributed by atoms with E-state index in [4.69, 9.17) is 16.3 Å². The Hall–Kier alpha value is -1.95. The number of benzene rings is 1. The number of hydrogen-bond donors (Lipinski definition) is 1. The van der Waals surface area contributed by atoms with Crippen molar-refractivity contribution in [3.05, 3.63) is 46.7 Å². The zero-order valence-electron chi connectivity index (χ0n) is 13.1. The fourth-order valence-corrected chi connectivity index (χ4v) is 3.00. The van der Waals surface area contributed by atoms with Crippen molar-refractivity contribution in [1.29, 1.82) is 0 Å². The third-order valence-corrected chi connectivity index (χ3v) is 4.06. The summed E-state index contributed by atoms with van der Waals surface area (Å²) in [4.78, 5) is 4.66. The summed E-state index contributed by atoms with van der Waals surface area (Å²) in [5.74, 6) is 0. The molecular formula is C17H18ClN3O2. The van der Waals surface area contributed by atoms with Gasteiger partial charge in [0, 0.05) is 35.2 Å². The van der Waals surface area contributed by atoms with Gasteiger partial charge in [-0.2, -0.15) is 5.10 Å². The molecule has 0 unspecified atom stereocenters. The first-order valence-electron chi connectivity index (χ1n) is 7.42. The molecule has 2 aromatic heterocycles. The Kier molecular flexibility index (Phi) is 4.61. The lowest BCUT2D eigenvalue weighted by molar-refractivity contribution is 0.178. The number of rotatable bonds is 5. The molecule has 1 aromatic carbocycles. The minimum Gasteiger partial charge on any atom is -0.392 e. The number of aliphatic hydroxyl groups is 1. The quantitative estimate of drug-likeness (QED) is 0.778. The Morgan fingerprint density at radius 2 is 2.17 bits per heavy atom. The van der Waals surface area contributed by atoms with Gasteiger partial charge in [-0.05, 0) is 24.6 Å². The predicted octanol–water partition coefficient (Wildman–Crippen LogP) is 3.41. The van der Waals surface area contributed by atoms with E-state index in [1.54, 1.807) is 13.3 Å². The number of halogens is 1. The van der Waals surface area contributed by atoms with Crippen molar-refractivity contribution in [2.24, 2.45) is 0 Å². The number of aromatic nitrogens is 3. The fraction of sp³-hybridized carbons (Fsp3) is 0.294. The molecule has 0 spiro atoms. The highest BCUT2D eigenvalue weighted by Gasteiger charge is 2.19. The molecule has 0 radical (unpaired) electrons. The predicted molar refractivity (Wildman–Crippen MR) is 90.3 cm³/mol. The number of aryl methyl sites for hydroxylation is 1. The summed E-state index contributed by atoms with van der Waals surface area (Å²) in [5.41, 5.74) is 4.09. The third-order valence-electron chi connectivity index (χ3n) is 3.82. The van der Waals surface area contributed by atoms with Crippen LogP contribution in [0.15, 0.2) is 30.5 Å². The summed E-state index contributed by atoms with van der Waals surface area (Å²) in [7, 11) is 1.61. The highest BCUT2D eigenvalue weighted by atomic mass is 35.5. The van der Waals surface area contributed by atoms with Gasteiger partial charge in [-0.3, -0.25) is 0 Å². The van der Waals surface area contributed by atoms with Crippen LogP contribution in [-0.4, -0.2) is 27.0 Å². The Labute approximate surface area is 139 Å². The summed E-state index contributed by atoms with van der Waals surface area (Å²) in [6.45, 7) is 2.94. The molecular weight excluding hydrogens is 314 g/mol. The van der Waals surface area contributed by atoms with Gasteiger partial charge in [0.25, 0.3) is 0 Å². The van der Waals surface area contributed by atoms with E-state index in [1.165, 1.54) is 0 Å². The molecule has 0 amide bonds. The Morgan fingerprint density at radius 1 is 1.35 bits per heavy atom. The van der Waals surface area contributed by atoms with E-state index in [1.807, 2.05) is 35.9 Å². The van der Waals surface area contributed by atoms with Crippen LogP contribution in [0.3, 0.4) is 0 Å². The Bertz CT molecular complexity index is 845. The molecule has 1 N–H and O–H groups in total. The normalized spacial score (nSPS) is 11.3. The van der Waals surface area contributed by atoms with Crippen LogP contribution in [-0.2, 0) is 24.5 Å². The first-order chi connectivity index (χ1) is 11.2. The van der Waals surface area contributed by atoms with Gasteiger partial charge in [0.15, 0.2) is 5.65 Å². The highest BCUT2D eigenvalue weighted by Crippen LogP contribution is 2.34. The van der Waals surface area contributed by atoms with Crippen LogP contribution >= 0.6 is 11.6 Å². The van der Waals surface area contributed by atoms with Gasteiger partial charge in [0.1, 0.15) is 0 Å². The van der Waals surface area contributed by atoms with Crippen molar-refractivity contribution in [3.63, 3.8) is 0 Å². The van der Waals surface area contributed by atoms with Crippen molar-refractivity contribution in [1.82, 2.24) is 14.8 Å². The van der Waals surface area contributed by atoms with Gasteiger partial charge in [0.2, 0.25) is 0 Å². The first kappa shape index (κ1) is 15.9. The second kappa shape index (κ2) is 6.66. The number of ether oxygens (including phenoxy) is 1. The summed E-state index contributed by atoms with van der Waals surface area (Å²) in [6, 6.07) is 7.58. The molecule has 3 aromatic rings. The molecule has 0 bridgehead atoms. The monoisotopic (exact) mass is 331 g/mol. The number of hydrogen-bond acceptors (Lipinski definition) is 4. The van der Waals surface area contributed by atoms with E-state index < -0.39 is 0 Å². The number of aliphatic hydroxyl groups excluding tert-OH is 1. The minimum atomic E-state index is -0.124. The van der Waals surface area contributed by atoms with Gasteiger partial charge in [-0.1, -0.05) is 23.7 Å². The van der Waals surface area contributed by atoms with Crippen LogP contribution < -0.4 is 0 Å². The molecule has 3 rings (SSSR count). The highest BCUT2D eigenvalue weighted by molar-refractivity contribution is 6.30. The average Bonchev–Trinajstić information content (AvgIpc) is 2.96. The lowest BCUT2D eigenvalue weighted by atomic mass is 9.96. The third kappa shape index (κ3) is 2.83. The molecule has 0 atom stereocenters. The van der Waals surface area contributed by atoms with E-state index in [2.05, 4.69) is 10.1 Å². The zero-order valence-corrected chi connectivity index (χ0v) is 13.8. The summed E-state index contributed by atoms with van der Waals surface area (Å²) >= 11 is 6.15. The molecule has 0 saturated heterocycles. The number of nitrogens with zero attached hydrogens (tertiary/aromatic N) is 3. The van der Waals surface area contributed by atoms with Crippen molar-refractivity contribution in [2.45, 2.75) is 26.7 Å². The van der Waals surface area contributed by atoms with Crippen LogP contribution in [0.4, 0.5) is 0 Å². The number of pyridine rings is 1. The largest absolute Gasteiger partial charge is 0.392 e. The molecule has 5 nitrogen and oxygen atoms in total. The Balaban J connectivity index is 2.38. The maximum absolute atomic E-state index is 9.92. The molecule has 120 valence electrons. The second-order valence-corrected chi connectivity index (χ2v) is 5.65. The lowest BCUT2D eigenvalue weighted by Gasteiger charge is -2.14. The topological polar surface area (TPSA) is 60.2 Å². The summed E-state index contributed by atoms with van der Waals surface area (Å²) < 4.78 is 7.09. The molecule has 0 saturated carbocycles. The minimum absolute atomic E-state index is 0.124. The Morgan fingerprint density at radius 3 is 2.83 bits per heavy atom. The SMILES string of the molecule is CCn1ncc2c(-c3cccc(Cl)c3)c(CO)c(COC)nc21.